The maximum atomic E-state index is 11.9. The average molecular weight is 206 g/mol. The zero-order chi connectivity index (χ0) is 11.2. The Morgan fingerprint density at radius 2 is 2.00 bits per heavy atom. The molecule has 0 bridgehead atoms. The van der Waals surface area contributed by atoms with Gasteiger partial charge in [0.05, 0.1) is 5.56 Å². The Morgan fingerprint density at radius 3 is 2.60 bits per heavy atom. The van der Waals surface area contributed by atoms with Crippen molar-refractivity contribution in [1.29, 1.82) is 0 Å². The van der Waals surface area contributed by atoms with Gasteiger partial charge in [-0.1, -0.05) is 13.8 Å². The van der Waals surface area contributed by atoms with E-state index in [1.54, 1.807) is 6.92 Å². The molecule has 0 radical (unpaired) electrons. The van der Waals surface area contributed by atoms with Crippen LogP contribution in [-0.2, 0) is 6.42 Å². The number of furan rings is 1. The van der Waals surface area contributed by atoms with Gasteiger partial charge >= 0.3 is 0 Å². The number of hydrogen-bond donors (Lipinski definition) is 0. The van der Waals surface area contributed by atoms with Crippen LogP contribution in [0.5, 0.6) is 0 Å². The standard InChI is InChI=1S/C12H14O3/c1-7-10(6-13)15-9-5-12(2,3)4-8(14)11(7)9/h6H,4-5H2,1-3H3. The molecule has 0 fully saturated rings. The molecule has 0 atom stereocenters. The molecule has 0 N–H and O–H groups in total. The number of carbonyl (C=O) groups excluding carboxylic acids is 2. The largest absolute Gasteiger partial charge is 0.457 e. The number of ketones is 1. The van der Waals surface area contributed by atoms with Gasteiger partial charge in [-0.3, -0.25) is 9.59 Å². The van der Waals surface area contributed by atoms with E-state index >= 15 is 0 Å². The molecule has 1 heterocycles. The molecule has 3 nitrogen and oxygen atoms in total. The average Bonchev–Trinajstić information content (AvgIpc) is 2.40. The fourth-order valence-corrected chi connectivity index (χ4v) is 2.21. The van der Waals surface area contributed by atoms with Gasteiger partial charge in [-0.15, -0.1) is 0 Å². The summed E-state index contributed by atoms with van der Waals surface area (Å²) in [5.74, 6) is 1.07. The molecule has 0 saturated heterocycles. The number of rotatable bonds is 1. The Bertz CT molecular complexity index is 438. The van der Waals surface area contributed by atoms with E-state index in [0.717, 1.165) is 6.42 Å². The summed E-state index contributed by atoms with van der Waals surface area (Å²) in [5.41, 5.74) is 1.27. The van der Waals surface area contributed by atoms with E-state index in [9.17, 15) is 9.59 Å². The molecule has 2 rings (SSSR count). The van der Waals surface area contributed by atoms with Gasteiger partial charge in [0.25, 0.3) is 0 Å². The SMILES string of the molecule is Cc1c(C=O)oc2c1C(=O)CC(C)(C)C2. The van der Waals surface area contributed by atoms with Crippen molar-refractivity contribution in [3.63, 3.8) is 0 Å². The zero-order valence-electron chi connectivity index (χ0n) is 9.22. The molecule has 3 heteroatoms. The van der Waals surface area contributed by atoms with Crippen molar-refractivity contribution in [2.75, 3.05) is 0 Å². The van der Waals surface area contributed by atoms with Crippen molar-refractivity contribution < 1.29 is 14.0 Å². The van der Waals surface area contributed by atoms with Gasteiger partial charge in [0.2, 0.25) is 0 Å². The third-order valence-corrected chi connectivity index (χ3v) is 2.92. The van der Waals surface area contributed by atoms with E-state index in [1.165, 1.54) is 0 Å². The maximum Gasteiger partial charge on any atom is 0.185 e. The van der Waals surface area contributed by atoms with Crippen LogP contribution in [0.2, 0.25) is 0 Å². The molecular formula is C12H14O3. The summed E-state index contributed by atoms with van der Waals surface area (Å²) in [6.45, 7) is 5.83. The van der Waals surface area contributed by atoms with E-state index in [4.69, 9.17) is 4.42 Å². The van der Waals surface area contributed by atoms with E-state index in [-0.39, 0.29) is 11.2 Å². The van der Waals surface area contributed by atoms with Crippen molar-refractivity contribution in [3.05, 3.63) is 22.6 Å². The lowest BCUT2D eigenvalue weighted by molar-refractivity contribution is 0.0901. The molecule has 0 amide bonds. The fourth-order valence-electron chi connectivity index (χ4n) is 2.21. The number of fused-ring (bicyclic) bond motifs is 1. The van der Waals surface area contributed by atoms with Gasteiger partial charge in [-0.2, -0.15) is 0 Å². The van der Waals surface area contributed by atoms with E-state index in [0.29, 0.717) is 35.4 Å². The van der Waals surface area contributed by atoms with Gasteiger partial charge in [0.15, 0.2) is 17.8 Å². The van der Waals surface area contributed by atoms with Gasteiger partial charge in [-0.25, -0.2) is 0 Å². The lowest BCUT2D eigenvalue weighted by atomic mass is 9.76. The van der Waals surface area contributed by atoms with Crippen LogP contribution >= 0.6 is 0 Å². The minimum Gasteiger partial charge on any atom is -0.457 e. The number of carbonyl (C=O) groups is 2. The normalized spacial score (nSPS) is 18.7. The van der Waals surface area contributed by atoms with Crippen LogP contribution in [-0.4, -0.2) is 12.1 Å². The molecule has 1 aromatic heterocycles. The number of Topliss-reactive ketones (excluding diaryl/α,β-unsaturated/α-hetero) is 1. The highest BCUT2D eigenvalue weighted by molar-refractivity contribution is 6.01. The molecule has 0 aliphatic heterocycles. The smallest absolute Gasteiger partial charge is 0.185 e. The molecule has 1 aromatic rings. The molecule has 15 heavy (non-hydrogen) atoms. The highest BCUT2D eigenvalue weighted by atomic mass is 16.3. The van der Waals surface area contributed by atoms with Crippen LogP contribution in [0.3, 0.4) is 0 Å². The summed E-state index contributed by atoms with van der Waals surface area (Å²) in [6, 6.07) is 0. The Kier molecular flexibility index (Phi) is 2.07. The first-order valence-corrected chi connectivity index (χ1v) is 5.05. The van der Waals surface area contributed by atoms with E-state index in [1.807, 2.05) is 13.8 Å². The minimum atomic E-state index is -0.0610. The van der Waals surface area contributed by atoms with Gasteiger partial charge in [0, 0.05) is 18.4 Å². The van der Waals surface area contributed by atoms with Crippen LogP contribution in [0.15, 0.2) is 4.42 Å². The number of aldehydes is 1. The quantitative estimate of drug-likeness (QED) is 0.663. The number of hydrogen-bond acceptors (Lipinski definition) is 3. The minimum absolute atomic E-state index is 0.0610. The highest BCUT2D eigenvalue weighted by Gasteiger charge is 2.35. The second kappa shape index (κ2) is 3.05. The van der Waals surface area contributed by atoms with E-state index < -0.39 is 0 Å². The van der Waals surface area contributed by atoms with Crippen molar-refractivity contribution in [2.45, 2.75) is 33.6 Å². The van der Waals surface area contributed by atoms with Crippen molar-refractivity contribution in [3.8, 4) is 0 Å². The molecule has 1 aliphatic rings. The molecule has 80 valence electrons. The first-order valence-electron chi connectivity index (χ1n) is 5.05. The monoisotopic (exact) mass is 206 g/mol. The predicted octanol–water partition coefficient (Wildman–Crippen LogP) is 2.56. The predicted molar refractivity (Wildman–Crippen MR) is 55.3 cm³/mol. The first-order chi connectivity index (χ1) is 6.94. The topological polar surface area (TPSA) is 47.3 Å². The molecule has 0 unspecified atom stereocenters. The summed E-state index contributed by atoms with van der Waals surface area (Å²) in [5, 5.41) is 0. The molecular weight excluding hydrogens is 192 g/mol. The van der Waals surface area contributed by atoms with E-state index in [2.05, 4.69) is 0 Å². The van der Waals surface area contributed by atoms with Crippen LogP contribution in [0.25, 0.3) is 0 Å². The molecule has 1 aliphatic carbocycles. The third-order valence-electron chi connectivity index (χ3n) is 2.92. The molecule has 0 spiro atoms. The Labute approximate surface area is 88.5 Å². The highest BCUT2D eigenvalue weighted by Crippen LogP contribution is 2.37. The molecule has 0 aromatic carbocycles. The first kappa shape index (κ1) is 10.1. The summed E-state index contributed by atoms with van der Waals surface area (Å²) < 4.78 is 5.40. The summed E-state index contributed by atoms with van der Waals surface area (Å²) in [4.78, 5) is 22.6. The fraction of sp³-hybridized carbons (Fsp3) is 0.500. The van der Waals surface area contributed by atoms with Gasteiger partial charge in [0.1, 0.15) is 5.76 Å². The Hall–Kier alpha value is -1.38. The van der Waals surface area contributed by atoms with Crippen LogP contribution in [0.1, 0.15) is 52.5 Å². The van der Waals surface area contributed by atoms with Crippen molar-refractivity contribution in [2.24, 2.45) is 5.41 Å². The lowest BCUT2D eigenvalue weighted by Gasteiger charge is -2.27. The van der Waals surface area contributed by atoms with Crippen LogP contribution in [0.4, 0.5) is 0 Å². The Balaban J connectivity index is 2.58. The summed E-state index contributed by atoms with van der Waals surface area (Å²) in [6.07, 6.45) is 1.93. The summed E-state index contributed by atoms with van der Waals surface area (Å²) in [7, 11) is 0. The second-order valence-electron chi connectivity index (χ2n) is 4.95. The van der Waals surface area contributed by atoms with Gasteiger partial charge in [-0.05, 0) is 12.3 Å². The lowest BCUT2D eigenvalue weighted by Crippen LogP contribution is -2.26. The van der Waals surface area contributed by atoms with Crippen molar-refractivity contribution >= 4 is 12.1 Å². The molecule has 0 saturated carbocycles. The zero-order valence-corrected chi connectivity index (χ0v) is 9.22. The van der Waals surface area contributed by atoms with Gasteiger partial charge < -0.3 is 4.42 Å². The maximum absolute atomic E-state index is 11.9. The van der Waals surface area contributed by atoms with Crippen molar-refractivity contribution in [1.82, 2.24) is 0 Å². The summed E-state index contributed by atoms with van der Waals surface area (Å²) >= 11 is 0. The van der Waals surface area contributed by atoms with Crippen LogP contribution in [0, 0.1) is 12.3 Å². The third kappa shape index (κ3) is 1.52. The van der Waals surface area contributed by atoms with Crippen LogP contribution < -0.4 is 0 Å². The second-order valence-corrected chi connectivity index (χ2v) is 4.95. The Morgan fingerprint density at radius 1 is 1.33 bits per heavy atom.